The summed E-state index contributed by atoms with van der Waals surface area (Å²) in [5.74, 6) is 2.00. The van der Waals surface area contributed by atoms with Crippen LogP contribution in [0, 0.1) is 5.92 Å². The van der Waals surface area contributed by atoms with Crippen LogP contribution in [0.4, 0.5) is 5.13 Å². The highest BCUT2D eigenvalue weighted by Crippen LogP contribution is 2.30. The molecule has 0 aliphatic carbocycles. The fourth-order valence-corrected chi connectivity index (χ4v) is 5.21. The van der Waals surface area contributed by atoms with Crippen LogP contribution in [0.3, 0.4) is 0 Å². The molecule has 0 saturated heterocycles. The normalized spacial score (nSPS) is 11.7. The molecule has 0 aliphatic rings. The van der Waals surface area contributed by atoms with Gasteiger partial charge in [-0.25, -0.2) is 8.42 Å². The van der Waals surface area contributed by atoms with Crippen LogP contribution in [0.15, 0.2) is 31.9 Å². The van der Waals surface area contributed by atoms with Crippen LogP contribution >= 0.6 is 39.0 Å². The van der Waals surface area contributed by atoms with Gasteiger partial charge in [0.15, 0.2) is 4.34 Å². The molecular weight excluding hydrogens is 422 g/mol. The Kier molecular flexibility index (Phi) is 6.29. The van der Waals surface area contributed by atoms with Crippen LogP contribution in [-0.2, 0) is 10.0 Å². The minimum Gasteiger partial charge on any atom is -0.496 e. The second kappa shape index (κ2) is 7.82. The van der Waals surface area contributed by atoms with E-state index in [1.165, 1.54) is 30.6 Å². The first kappa shape index (κ1) is 18.5. The second-order valence-electron chi connectivity index (χ2n) is 4.98. The number of rotatable bonds is 7. The van der Waals surface area contributed by atoms with Gasteiger partial charge in [0, 0.05) is 5.75 Å². The summed E-state index contributed by atoms with van der Waals surface area (Å²) in [4.78, 5) is 0.122. The van der Waals surface area contributed by atoms with Gasteiger partial charge in [-0.2, -0.15) is 0 Å². The standard InChI is InChI=1S/C13H16BrN3O3S3/c1-8(2)7-21-13-16-15-12(22-13)17-23(18,19)9-4-5-11(20-3)10(14)6-9/h4-6,8H,7H2,1-3H3,(H,15,17). The Hall–Kier alpha value is -0.840. The molecule has 0 fully saturated rings. The van der Waals surface area contributed by atoms with Crippen molar-refractivity contribution in [2.45, 2.75) is 23.1 Å². The van der Waals surface area contributed by atoms with E-state index in [0.717, 1.165) is 10.1 Å². The first-order chi connectivity index (χ1) is 10.8. The molecule has 1 N–H and O–H groups in total. The van der Waals surface area contributed by atoms with Crippen LogP contribution in [0.1, 0.15) is 13.8 Å². The van der Waals surface area contributed by atoms with Gasteiger partial charge in [-0.1, -0.05) is 36.9 Å². The van der Waals surface area contributed by atoms with E-state index in [1.54, 1.807) is 17.8 Å². The van der Waals surface area contributed by atoms with Crippen molar-refractivity contribution in [1.29, 1.82) is 0 Å². The van der Waals surface area contributed by atoms with Crippen molar-refractivity contribution in [3.05, 3.63) is 22.7 Å². The average Bonchev–Trinajstić information content (AvgIpc) is 2.91. The van der Waals surface area contributed by atoms with Crippen molar-refractivity contribution in [2.75, 3.05) is 17.6 Å². The fraction of sp³-hybridized carbons (Fsp3) is 0.385. The lowest BCUT2D eigenvalue weighted by molar-refractivity contribution is 0.411. The molecule has 1 heterocycles. The molecule has 0 atom stereocenters. The summed E-state index contributed by atoms with van der Waals surface area (Å²) in [6.07, 6.45) is 0. The number of hydrogen-bond donors (Lipinski definition) is 1. The van der Waals surface area contributed by atoms with Crippen molar-refractivity contribution in [2.24, 2.45) is 5.92 Å². The number of ether oxygens (including phenoxy) is 1. The average molecular weight is 438 g/mol. The first-order valence-corrected chi connectivity index (χ1v) is 10.7. The molecule has 0 aliphatic heterocycles. The number of aromatic nitrogens is 2. The van der Waals surface area contributed by atoms with Gasteiger partial charge < -0.3 is 4.74 Å². The monoisotopic (exact) mass is 437 g/mol. The Balaban J connectivity index is 2.13. The highest BCUT2D eigenvalue weighted by molar-refractivity contribution is 9.10. The Morgan fingerprint density at radius 2 is 2.13 bits per heavy atom. The third-order valence-electron chi connectivity index (χ3n) is 2.60. The van der Waals surface area contributed by atoms with E-state index >= 15 is 0 Å². The summed E-state index contributed by atoms with van der Waals surface area (Å²) in [7, 11) is -2.20. The van der Waals surface area contributed by atoms with E-state index in [1.807, 2.05) is 0 Å². The Labute approximate surface area is 152 Å². The number of anilines is 1. The van der Waals surface area contributed by atoms with Gasteiger partial charge in [-0.15, -0.1) is 10.2 Å². The summed E-state index contributed by atoms with van der Waals surface area (Å²) in [5.41, 5.74) is 0. The van der Waals surface area contributed by atoms with Crippen molar-refractivity contribution in [3.8, 4) is 5.75 Å². The number of sulfonamides is 1. The number of methoxy groups -OCH3 is 1. The number of thioether (sulfide) groups is 1. The summed E-state index contributed by atoms with van der Waals surface area (Å²) in [6, 6.07) is 4.54. The molecule has 0 bridgehead atoms. The quantitative estimate of drug-likeness (QED) is 0.662. The predicted molar refractivity (Wildman–Crippen MR) is 97.0 cm³/mol. The van der Waals surface area contributed by atoms with Gasteiger partial charge in [0.25, 0.3) is 10.0 Å². The molecule has 23 heavy (non-hydrogen) atoms. The van der Waals surface area contributed by atoms with Crippen LogP contribution in [0.5, 0.6) is 5.75 Å². The fourth-order valence-electron chi connectivity index (χ4n) is 1.54. The molecule has 126 valence electrons. The number of halogens is 1. The molecular formula is C13H16BrN3O3S3. The van der Waals surface area contributed by atoms with Crippen LogP contribution in [-0.4, -0.2) is 31.5 Å². The maximum Gasteiger partial charge on any atom is 0.263 e. The molecule has 10 heteroatoms. The molecule has 1 aromatic carbocycles. The topological polar surface area (TPSA) is 81.2 Å². The summed E-state index contributed by atoms with van der Waals surface area (Å²) < 4.78 is 33.6. The van der Waals surface area contributed by atoms with Crippen LogP contribution in [0.2, 0.25) is 0 Å². The van der Waals surface area contributed by atoms with Gasteiger partial charge in [0.05, 0.1) is 16.5 Å². The van der Waals surface area contributed by atoms with Crippen molar-refractivity contribution < 1.29 is 13.2 Å². The SMILES string of the molecule is COc1ccc(S(=O)(=O)Nc2nnc(SCC(C)C)s2)cc1Br. The lowest BCUT2D eigenvalue weighted by Crippen LogP contribution is -2.12. The van der Waals surface area contributed by atoms with E-state index in [2.05, 4.69) is 44.7 Å². The largest absolute Gasteiger partial charge is 0.496 e. The Bertz CT molecular complexity index is 778. The number of benzene rings is 1. The molecule has 0 saturated carbocycles. The highest BCUT2D eigenvalue weighted by Gasteiger charge is 2.18. The van der Waals surface area contributed by atoms with Gasteiger partial charge >= 0.3 is 0 Å². The second-order valence-corrected chi connectivity index (χ2v) is 9.76. The Morgan fingerprint density at radius 3 is 2.74 bits per heavy atom. The summed E-state index contributed by atoms with van der Waals surface area (Å²) in [5, 5.41) is 8.12. The van der Waals surface area contributed by atoms with E-state index < -0.39 is 10.0 Å². The zero-order valence-electron chi connectivity index (χ0n) is 12.7. The van der Waals surface area contributed by atoms with Crippen molar-refractivity contribution in [1.82, 2.24) is 10.2 Å². The maximum atomic E-state index is 12.4. The first-order valence-electron chi connectivity index (χ1n) is 6.64. The molecule has 1 aromatic heterocycles. The smallest absolute Gasteiger partial charge is 0.263 e. The molecule has 2 aromatic rings. The number of nitrogens with one attached hydrogen (secondary N) is 1. The Morgan fingerprint density at radius 1 is 1.39 bits per heavy atom. The zero-order chi connectivity index (χ0) is 17.0. The molecule has 6 nitrogen and oxygen atoms in total. The third-order valence-corrected chi connectivity index (χ3v) is 7.09. The van der Waals surface area contributed by atoms with Gasteiger partial charge in [-0.05, 0) is 40.0 Å². The number of hydrogen-bond acceptors (Lipinski definition) is 7. The lowest BCUT2D eigenvalue weighted by Gasteiger charge is -2.07. The molecule has 0 radical (unpaired) electrons. The van der Waals surface area contributed by atoms with Crippen molar-refractivity contribution in [3.63, 3.8) is 0 Å². The third kappa shape index (κ3) is 5.07. The van der Waals surface area contributed by atoms with E-state index in [9.17, 15) is 8.42 Å². The van der Waals surface area contributed by atoms with Gasteiger partial charge in [-0.3, -0.25) is 4.72 Å². The van der Waals surface area contributed by atoms with Crippen LogP contribution in [0.25, 0.3) is 0 Å². The van der Waals surface area contributed by atoms with Crippen LogP contribution < -0.4 is 9.46 Å². The molecule has 0 unspecified atom stereocenters. The lowest BCUT2D eigenvalue weighted by atomic mass is 10.3. The van der Waals surface area contributed by atoms with E-state index in [0.29, 0.717) is 16.1 Å². The molecule has 0 spiro atoms. The predicted octanol–water partition coefficient (Wildman–Crippen LogP) is 3.86. The summed E-state index contributed by atoms with van der Waals surface area (Å²) >= 11 is 6.06. The van der Waals surface area contributed by atoms with E-state index in [4.69, 9.17) is 4.74 Å². The number of nitrogens with zero attached hydrogens (tertiary/aromatic N) is 2. The summed E-state index contributed by atoms with van der Waals surface area (Å²) in [6.45, 7) is 4.22. The maximum absolute atomic E-state index is 12.4. The van der Waals surface area contributed by atoms with Gasteiger partial charge in [0.2, 0.25) is 5.13 Å². The van der Waals surface area contributed by atoms with Crippen molar-refractivity contribution >= 4 is 54.2 Å². The van der Waals surface area contributed by atoms with Gasteiger partial charge in [0.1, 0.15) is 5.75 Å². The van der Waals surface area contributed by atoms with E-state index in [-0.39, 0.29) is 10.0 Å². The highest BCUT2D eigenvalue weighted by atomic mass is 79.9. The molecule has 0 amide bonds. The molecule has 2 rings (SSSR count). The minimum atomic E-state index is -3.72. The zero-order valence-corrected chi connectivity index (χ0v) is 16.8. The minimum absolute atomic E-state index is 0.122.